The maximum atomic E-state index is 6.17. The van der Waals surface area contributed by atoms with Crippen LogP contribution in [0.15, 0.2) is 35.3 Å². The molecule has 1 aromatic rings. The first kappa shape index (κ1) is 12.5. The van der Waals surface area contributed by atoms with Gasteiger partial charge in [0.25, 0.3) is 0 Å². The van der Waals surface area contributed by atoms with Gasteiger partial charge < -0.3 is 10.6 Å². The number of guanidine groups is 1. The number of anilines is 1. The van der Waals surface area contributed by atoms with E-state index in [9.17, 15) is 0 Å². The summed E-state index contributed by atoms with van der Waals surface area (Å²) in [6, 6.07) is 10.5. The summed E-state index contributed by atoms with van der Waals surface area (Å²) in [5.74, 6) is 2.24. The van der Waals surface area contributed by atoms with Crippen LogP contribution in [0, 0.1) is 11.8 Å². The van der Waals surface area contributed by atoms with Gasteiger partial charge in [0.15, 0.2) is 5.96 Å². The van der Waals surface area contributed by atoms with Crippen LogP contribution in [0.4, 0.5) is 5.69 Å². The molecule has 0 amide bonds. The van der Waals surface area contributed by atoms with Crippen LogP contribution in [0.1, 0.15) is 33.1 Å². The molecule has 0 bridgehead atoms. The van der Waals surface area contributed by atoms with E-state index < -0.39 is 0 Å². The van der Waals surface area contributed by atoms with Crippen molar-refractivity contribution < 1.29 is 0 Å². The number of benzene rings is 1. The molecule has 2 aliphatic rings. The van der Waals surface area contributed by atoms with Gasteiger partial charge in [0.2, 0.25) is 0 Å². The van der Waals surface area contributed by atoms with Crippen LogP contribution in [-0.4, -0.2) is 18.0 Å². The van der Waals surface area contributed by atoms with Gasteiger partial charge in [-0.05, 0) is 43.2 Å². The van der Waals surface area contributed by atoms with Gasteiger partial charge in [-0.3, -0.25) is 4.99 Å². The molecule has 3 atom stereocenters. The molecule has 102 valence electrons. The first-order valence-electron chi connectivity index (χ1n) is 7.28. The summed E-state index contributed by atoms with van der Waals surface area (Å²) in [6.07, 6.45) is 3.65. The normalized spacial score (nSPS) is 34.6. The maximum Gasteiger partial charge on any atom is 0.196 e. The number of rotatable bonds is 1. The average Bonchev–Trinajstić information content (AvgIpc) is 2.73. The van der Waals surface area contributed by atoms with Gasteiger partial charge in [-0.25, -0.2) is 0 Å². The molecule has 1 aliphatic heterocycles. The molecule has 19 heavy (non-hydrogen) atoms. The molecule has 1 aromatic carbocycles. The largest absolute Gasteiger partial charge is 0.369 e. The molecule has 1 heterocycles. The van der Waals surface area contributed by atoms with Crippen molar-refractivity contribution in [1.82, 2.24) is 0 Å². The summed E-state index contributed by atoms with van der Waals surface area (Å²) < 4.78 is 0. The van der Waals surface area contributed by atoms with Gasteiger partial charge in [0.1, 0.15) is 0 Å². The third-order valence-corrected chi connectivity index (χ3v) is 4.99. The fourth-order valence-corrected chi connectivity index (χ4v) is 3.63. The smallest absolute Gasteiger partial charge is 0.196 e. The minimum absolute atomic E-state index is 0.122. The van der Waals surface area contributed by atoms with Crippen molar-refractivity contribution in [2.24, 2.45) is 22.6 Å². The molecule has 1 aliphatic carbocycles. The predicted molar refractivity (Wildman–Crippen MR) is 80.3 cm³/mol. The third-order valence-electron chi connectivity index (χ3n) is 4.99. The highest BCUT2D eigenvalue weighted by atomic mass is 15.4. The second kappa shape index (κ2) is 4.55. The Kier molecular flexibility index (Phi) is 3.00. The van der Waals surface area contributed by atoms with Crippen molar-refractivity contribution in [3.8, 4) is 0 Å². The number of aliphatic imine (C=N–C) groups is 1. The molecule has 1 spiro atoms. The van der Waals surface area contributed by atoms with Crippen LogP contribution < -0.4 is 10.6 Å². The minimum atomic E-state index is 0.122. The van der Waals surface area contributed by atoms with E-state index in [1.807, 2.05) is 6.07 Å². The molecule has 3 heteroatoms. The van der Waals surface area contributed by atoms with Crippen molar-refractivity contribution in [1.29, 1.82) is 0 Å². The zero-order chi connectivity index (χ0) is 13.5. The van der Waals surface area contributed by atoms with Crippen LogP contribution in [0.2, 0.25) is 0 Å². The van der Waals surface area contributed by atoms with Gasteiger partial charge in [-0.2, -0.15) is 0 Å². The molecule has 0 saturated heterocycles. The Labute approximate surface area is 115 Å². The summed E-state index contributed by atoms with van der Waals surface area (Å²) >= 11 is 0. The monoisotopic (exact) mass is 257 g/mol. The molecular weight excluding hydrogens is 234 g/mol. The van der Waals surface area contributed by atoms with Crippen LogP contribution in [0.3, 0.4) is 0 Å². The van der Waals surface area contributed by atoms with Gasteiger partial charge in [0.05, 0.1) is 12.1 Å². The zero-order valence-electron chi connectivity index (χ0n) is 11.8. The Morgan fingerprint density at radius 3 is 2.63 bits per heavy atom. The third kappa shape index (κ3) is 2.01. The highest BCUT2D eigenvalue weighted by molar-refractivity contribution is 5.98. The van der Waals surface area contributed by atoms with Crippen LogP contribution in [-0.2, 0) is 0 Å². The molecule has 1 fully saturated rings. The molecule has 0 radical (unpaired) electrons. The molecule has 1 saturated carbocycles. The van der Waals surface area contributed by atoms with Crippen molar-refractivity contribution in [3.05, 3.63) is 30.3 Å². The molecular formula is C16H23N3. The Morgan fingerprint density at radius 2 is 1.95 bits per heavy atom. The molecule has 3 nitrogen and oxygen atoms in total. The van der Waals surface area contributed by atoms with E-state index in [0.717, 1.165) is 18.4 Å². The fourth-order valence-electron chi connectivity index (χ4n) is 3.63. The van der Waals surface area contributed by atoms with E-state index in [1.165, 1.54) is 24.9 Å². The quantitative estimate of drug-likeness (QED) is 0.840. The summed E-state index contributed by atoms with van der Waals surface area (Å²) in [7, 11) is 0. The van der Waals surface area contributed by atoms with Gasteiger partial charge >= 0.3 is 0 Å². The molecule has 3 rings (SSSR count). The Balaban J connectivity index is 1.94. The SMILES string of the molecule is CC1CCC2(CN=C(N)N2c2ccccc2)CC1C. The van der Waals surface area contributed by atoms with E-state index in [1.54, 1.807) is 0 Å². The van der Waals surface area contributed by atoms with Crippen molar-refractivity contribution >= 4 is 11.6 Å². The average molecular weight is 257 g/mol. The first-order chi connectivity index (χ1) is 9.12. The van der Waals surface area contributed by atoms with Gasteiger partial charge in [-0.15, -0.1) is 0 Å². The van der Waals surface area contributed by atoms with E-state index in [4.69, 9.17) is 5.73 Å². The van der Waals surface area contributed by atoms with E-state index in [0.29, 0.717) is 5.96 Å². The predicted octanol–water partition coefficient (Wildman–Crippen LogP) is 3.02. The summed E-state index contributed by atoms with van der Waals surface area (Å²) in [4.78, 5) is 6.84. The molecule has 3 unspecified atom stereocenters. The topological polar surface area (TPSA) is 41.6 Å². The van der Waals surface area contributed by atoms with Gasteiger partial charge in [-0.1, -0.05) is 32.0 Å². The maximum absolute atomic E-state index is 6.17. The number of nitrogens with zero attached hydrogens (tertiary/aromatic N) is 2. The number of para-hydroxylation sites is 1. The second-order valence-electron chi connectivity index (χ2n) is 6.27. The van der Waals surface area contributed by atoms with Crippen molar-refractivity contribution in [3.63, 3.8) is 0 Å². The molecule has 2 N–H and O–H groups in total. The Hall–Kier alpha value is -1.51. The number of hydrogen-bond acceptors (Lipinski definition) is 3. The molecule has 0 aromatic heterocycles. The van der Waals surface area contributed by atoms with Gasteiger partial charge in [0, 0.05) is 5.69 Å². The first-order valence-corrected chi connectivity index (χ1v) is 7.28. The van der Waals surface area contributed by atoms with Crippen LogP contribution >= 0.6 is 0 Å². The number of hydrogen-bond donors (Lipinski definition) is 1. The highest BCUT2D eigenvalue weighted by Crippen LogP contribution is 2.43. The van der Waals surface area contributed by atoms with Crippen LogP contribution in [0.5, 0.6) is 0 Å². The lowest BCUT2D eigenvalue weighted by Gasteiger charge is -2.46. The van der Waals surface area contributed by atoms with E-state index in [-0.39, 0.29) is 5.54 Å². The number of nitrogens with two attached hydrogens (primary N) is 1. The zero-order valence-corrected chi connectivity index (χ0v) is 11.8. The van der Waals surface area contributed by atoms with Crippen LogP contribution in [0.25, 0.3) is 0 Å². The fraction of sp³-hybridized carbons (Fsp3) is 0.562. The standard InChI is InChI=1S/C16H23N3/c1-12-8-9-16(10-13(12)2)11-18-15(17)19(16)14-6-4-3-5-7-14/h3-7,12-13H,8-11H2,1-2H3,(H2,17,18). The lowest BCUT2D eigenvalue weighted by molar-refractivity contribution is 0.189. The summed E-state index contributed by atoms with van der Waals surface area (Å²) in [6.45, 7) is 5.58. The Bertz CT molecular complexity index is 482. The van der Waals surface area contributed by atoms with E-state index >= 15 is 0 Å². The Morgan fingerprint density at radius 1 is 1.21 bits per heavy atom. The second-order valence-corrected chi connectivity index (χ2v) is 6.27. The van der Waals surface area contributed by atoms with Crippen molar-refractivity contribution in [2.45, 2.75) is 38.6 Å². The highest BCUT2D eigenvalue weighted by Gasteiger charge is 2.46. The minimum Gasteiger partial charge on any atom is -0.369 e. The summed E-state index contributed by atoms with van der Waals surface area (Å²) in [5, 5.41) is 0. The van der Waals surface area contributed by atoms with E-state index in [2.05, 4.69) is 48.0 Å². The lowest BCUT2D eigenvalue weighted by Crippen LogP contribution is -2.55. The van der Waals surface area contributed by atoms with Crippen molar-refractivity contribution in [2.75, 3.05) is 11.4 Å². The summed E-state index contributed by atoms with van der Waals surface area (Å²) in [5.41, 5.74) is 7.48. The lowest BCUT2D eigenvalue weighted by atomic mass is 9.70.